The lowest BCUT2D eigenvalue weighted by molar-refractivity contribution is 0.500. The maximum absolute atomic E-state index is 5.73. The first kappa shape index (κ1) is 11.8. The van der Waals surface area contributed by atoms with Gasteiger partial charge in [0, 0.05) is 28.1 Å². The van der Waals surface area contributed by atoms with Gasteiger partial charge >= 0.3 is 0 Å². The van der Waals surface area contributed by atoms with Gasteiger partial charge in [-0.1, -0.05) is 32.0 Å². The zero-order valence-corrected chi connectivity index (χ0v) is 11.3. The molecule has 0 unspecified atom stereocenters. The van der Waals surface area contributed by atoms with E-state index in [0.717, 1.165) is 33.6 Å². The lowest BCUT2D eigenvalue weighted by Gasteiger charge is -2.04. The molecule has 0 spiro atoms. The van der Waals surface area contributed by atoms with Gasteiger partial charge in [0.2, 0.25) is 0 Å². The quantitative estimate of drug-likeness (QED) is 0.731. The Hall–Kier alpha value is -2.23. The van der Waals surface area contributed by atoms with Crippen LogP contribution in [0.5, 0.6) is 0 Å². The van der Waals surface area contributed by atoms with E-state index >= 15 is 0 Å². The van der Waals surface area contributed by atoms with Crippen LogP contribution in [0.2, 0.25) is 0 Å². The number of nitrogens with two attached hydrogens (primary N) is 1. The molecule has 0 aliphatic heterocycles. The number of aromatic nitrogens is 2. The fourth-order valence-corrected chi connectivity index (χ4v) is 2.50. The zero-order valence-electron chi connectivity index (χ0n) is 11.3. The van der Waals surface area contributed by atoms with Crippen molar-refractivity contribution in [2.45, 2.75) is 26.7 Å². The Kier molecular flexibility index (Phi) is 2.59. The number of hydrogen-bond donors (Lipinski definition) is 2. The number of benzene rings is 1. The van der Waals surface area contributed by atoms with Crippen molar-refractivity contribution < 1.29 is 4.42 Å². The van der Waals surface area contributed by atoms with Crippen LogP contribution in [-0.4, -0.2) is 9.97 Å². The van der Waals surface area contributed by atoms with Gasteiger partial charge in [0.1, 0.15) is 11.5 Å². The van der Waals surface area contributed by atoms with Crippen LogP contribution in [0.15, 0.2) is 28.7 Å². The van der Waals surface area contributed by atoms with Crippen molar-refractivity contribution in [1.82, 2.24) is 9.97 Å². The minimum Gasteiger partial charge on any atom is -0.428 e. The standard InChI is InChI=1S/C15H17N3O/c1-8(2)14-13(18-15(16)19-14)12-9(3)17-11-7-5-4-6-10(11)12/h4-8,17H,1-3H3,(H2,16,18). The minimum atomic E-state index is 0.225. The summed E-state index contributed by atoms with van der Waals surface area (Å²) in [5, 5.41) is 1.15. The number of para-hydroxylation sites is 1. The summed E-state index contributed by atoms with van der Waals surface area (Å²) < 4.78 is 5.56. The third-order valence-corrected chi connectivity index (χ3v) is 3.32. The molecule has 4 nitrogen and oxygen atoms in total. The molecule has 4 heteroatoms. The number of aryl methyl sites for hydroxylation is 1. The molecule has 19 heavy (non-hydrogen) atoms. The fourth-order valence-electron chi connectivity index (χ4n) is 2.50. The first-order chi connectivity index (χ1) is 9.08. The molecule has 0 atom stereocenters. The highest BCUT2D eigenvalue weighted by Crippen LogP contribution is 2.37. The van der Waals surface area contributed by atoms with Gasteiger partial charge in [-0.2, -0.15) is 4.98 Å². The molecular weight excluding hydrogens is 238 g/mol. The van der Waals surface area contributed by atoms with Crippen molar-refractivity contribution in [1.29, 1.82) is 0 Å². The monoisotopic (exact) mass is 255 g/mol. The third-order valence-electron chi connectivity index (χ3n) is 3.32. The molecule has 0 radical (unpaired) electrons. The van der Waals surface area contributed by atoms with Crippen LogP contribution in [-0.2, 0) is 0 Å². The van der Waals surface area contributed by atoms with E-state index in [1.807, 2.05) is 19.1 Å². The van der Waals surface area contributed by atoms with E-state index in [-0.39, 0.29) is 11.9 Å². The molecule has 0 saturated heterocycles. The highest BCUT2D eigenvalue weighted by molar-refractivity contribution is 5.97. The highest BCUT2D eigenvalue weighted by Gasteiger charge is 2.21. The van der Waals surface area contributed by atoms with Gasteiger partial charge in [-0.05, 0) is 13.0 Å². The summed E-state index contributed by atoms with van der Waals surface area (Å²) in [5.41, 5.74) is 9.85. The summed E-state index contributed by atoms with van der Waals surface area (Å²) in [4.78, 5) is 7.75. The zero-order chi connectivity index (χ0) is 13.6. The summed E-state index contributed by atoms with van der Waals surface area (Å²) in [6.07, 6.45) is 0. The molecule has 0 bridgehead atoms. The van der Waals surface area contributed by atoms with Crippen LogP contribution in [0.3, 0.4) is 0 Å². The minimum absolute atomic E-state index is 0.225. The third kappa shape index (κ3) is 1.80. The predicted molar refractivity (Wildman–Crippen MR) is 77.0 cm³/mol. The smallest absolute Gasteiger partial charge is 0.292 e. The molecule has 3 N–H and O–H groups in total. The maximum atomic E-state index is 5.73. The van der Waals surface area contributed by atoms with E-state index in [0.29, 0.717) is 0 Å². The van der Waals surface area contributed by atoms with Crippen LogP contribution in [0.25, 0.3) is 22.2 Å². The normalized spacial score (nSPS) is 11.6. The maximum Gasteiger partial charge on any atom is 0.292 e. The molecule has 98 valence electrons. The largest absolute Gasteiger partial charge is 0.428 e. The van der Waals surface area contributed by atoms with Crippen molar-refractivity contribution in [3.8, 4) is 11.3 Å². The molecule has 3 aromatic rings. The molecule has 2 aromatic heterocycles. The SMILES string of the molecule is Cc1[nH]c2ccccc2c1-c1nc(N)oc1C(C)C. The van der Waals surface area contributed by atoms with E-state index in [4.69, 9.17) is 10.2 Å². The van der Waals surface area contributed by atoms with E-state index in [2.05, 4.69) is 35.9 Å². The second-order valence-corrected chi connectivity index (χ2v) is 5.09. The van der Waals surface area contributed by atoms with Gasteiger partial charge in [0.05, 0.1) is 0 Å². The molecule has 0 amide bonds. The summed E-state index contributed by atoms with van der Waals surface area (Å²) in [6, 6.07) is 8.41. The first-order valence-electron chi connectivity index (χ1n) is 6.41. The Balaban J connectivity index is 2.33. The number of nitrogen functional groups attached to an aromatic ring is 1. The topological polar surface area (TPSA) is 67.8 Å². The molecule has 0 fully saturated rings. The van der Waals surface area contributed by atoms with E-state index < -0.39 is 0 Å². The van der Waals surface area contributed by atoms with Gasteiger partial charge in [0.25, 0.3) is 6.01 Å². The van der Waals surface area contributed by atoms with Crippen molar-refractivity contribution in [2.24, 2.45) is 0 Å². The van der Waals surface area contributed by atoms with Crippen LogP contribution >= 0.6 is 0 Å². The lowest BCUT2D eigenvalue weighted by Crippen LogP contribution is -1.90. The Morgan fingerprint density at radius 3 is 2.74 bits per heavy atom. The average molecular weight is 255 g/mol. The Labute approximate surface area is 111 Å². The van der Waals surface area contributed by atoms with Gasteiger partial charge < -0.3 is 15.1 Å². The summed E-state index contributed by atoms with van der Waals surface area (Å²) >= 11 is 0. The Morgan fingerprint density at radius 1 is 1.26 bits per heavy atom. The van der Waals surface area contributed by atoms with Crippen molar-refractivity contribution in [2.75, 3.05) is 5.73 Å². The summed E-state index contributed by atoms with van der Waals surface area (Å²) in [6.45, 7) is 6.20. The van der Waals surface area contributed by atoms with Crippen molar-refractivity contribution in [3.05, 3.63) is 35.7 Å². The number of H-pyrrole nitrogens is 1. The summed E-state index contributed by atoms with van der Waals surface area (Å²) in [5.74, 6) is 1.08. The number of nitrogens with zero attached hydrogens (tertiary/aromatic N) is 1. The molecule has 0 aliphatic rings. The number of hydrogen-bond acceptors (Lipinski definition) is 3. The number of fused-ring (bicyclic) bond motifs is 1. The fraction of sp³-hybridized carbons (Fsp3) is 0.267. The average Bonchev–Trinajstić information content (AvgIpc) is 2.88. The Bertz CT molecular complexity index is 737. The number of rotatable bonds is 2. The van der Waals surface area contributed by atoms with Crippen molar-refractivity contribution in [3.63, 3.8) is 0 Å². The summed E-state index contributed by atoms with van der Waals surface area (Å²) in [7, 11) is 0. The molecule has 2 heterocycles. The molecule has 0 saturated carbocycles. The van der Waals surface area contributed by atoms with E-state index in [9.17, 15) is 0 Å². The van der Waals surface area contributed by atoms with Crippen molar-refractivity contribution >= 4 is 16.9 Å². The number of aromatic amines is 1. The molecule has 3 rings (SSSR count). The van der Waals surface area contributed by atoms with E-state index in [1.54, 1.807) is 0 Å². The van der Waals surface area contributed by atoms with Crippen LogP contribution in [0.1, 0.15) is 31.2 Å². The van der Waals surface area contributed by atoms with Crippen LogP contribution < -0.4 is 5.73 Å². The second kappa shape index (κ2) is 4.16. The van der Waals surface area contributed by atoms with Gasteiger partial charge in [-0.15, -0.1) is 0 Å². The predicted octanol–water partition coefficient (Wildman–Crippen LogP) is 3.84. The van der Waals surface area contributed by atoms with Gasteiger partial charge in [0.15, 0.2) is 0 Å². The van der Waals surface area contributed by atoms with Crippen LogP contribution in [0.4, 0.5) is 6.01 Å². The Morgan fingerprint density at radius 2 is 2.00 bits per heavy atom. The second-order valence-electron chi connectivity index (χ2n) is 5.09. The number of nitrogens with one attached hydrogen (secondary N) is 1. The van der Waals surface area contributed by atoms with Crippen LogP contribution in [0, 0.1) is 6.92 Å². The lowest BCUT2D eigenvalue weighted by atomic mass is 10.0. The highest BCUT2D eigenvalue weighted by atomic mass is 16.4. The molecule has 1 aromatic carbocycles. The first-order valence-corrected chi connectivity index (χ1v) is 6.41. The number of oxazole rings is 1. The molecular formula is C15H17N3O. The molecule has 0 aliphatic carbocycles. The number of anilines is 1. The van der Waals surface area contributed by atoms with Gasteiger partial charge in [-0.3, -0.25) is 0 Å². The van der Waals surface area contributed by atoms with E-state index in [1.165, 1.54) is 0 Å². The van der Waals surface area contributed by atoms with Gasteiger partial charge in [-0.25, -0.2) is 0 Å².